The zero-order chi connectivity index (χ0) is 14.7. The number of rotatable bonds is 4. The first-order valence-corrected chi connectivity index (χ1v) is 6.94. The predicted octanol–water partition coefficient (Wildman–Crippen LogP) is 2.73. The molecule has 0 bridgehead atoms. The van der Waals surface area contributed by atoms with Crippen molar-refractivity contribution >= 4 is 0 Å². The van der Waals surface area contributed by atoms with Crippen molar-refractivity contribution in [3.63, 3.8) is 0 Å². The van der Waals surface area contributed by atoms with Crippen molar-refractivity contribution in [2.75, 3.05) is 7.05 Å². The topological polar surface area (TPSA) is 34.0 Å². The molecule has 1 atom stereocenters. The molecule has 1 aromatic carbocycles. The van der Waals surface area contributed by atoms with Crippen molar-refractivity contribution < 1.29 is 0 Å². The Balaban J connectivity index is 2.34. The minimum atomic E-state index is 0.0501. The van der Waals surface area contributed by atoms with Crippen LogP contribution in [-0.4, -0.2) is 11.6 Å². The molecule has 0 saturated heterocycles. The van der Waals surface area contributed by atoms with Gasteiger partial charge in [-0.25, -0.2) is 0 Å². The third-order valence-electron chi connectivity index (χ3n) is 3.91. The number of hydrogen-bond donors (Lipinski definition) is 1. The summed E-state index contributed by atoms with van der Waals surface area (Å²) in [6, 6.07) is 12.0. The third-order valence-corrected chi connectivity index (χ3v) is 3.91. The molecule has 3 nitrogen and oxygen atoms in total. The maximum atomic E-state index is 12.0. The van der Waals surface area contributed by atoms with E-state index in [4.69, 9.17) is 0 Å². The molecule has 106 valence electrons. The highest BCUT2D eigenvalue weighted by atomic mass is 16.1. The second kappa shape index (κ2) is 6.06. The van der Waals surface area contributed by atoms with E-state index in [1.807, 2.05) is 24.6 Å². The van der Waals surface area contributed by atoms with Crippen molar-refractivity contribution in [2.24, 2.45) is 0 Å². The van der Waals surface area contributed by atoms with E-state index >= 15 is 0 Å². The van der Waals surface area contributed by atoms with Crippen LogP contribution in [0.25, 0.3) is 0 Å². The Morgan fingerprint density at radius 1 is 1.10 bits per heavy atom. The first-order valence-electron chi connectivity index (χ1n) is 6.94. The Morgan fingerprint density at radius 2 is 1.85 bits per heavy atom. The van der Waals surface area contributed by atoms with Crippen LogP contribution in [0.1, 0.15) is 28.4 Å². The third kappa shape index (κ3) is 2.99. The van der Waals surface area contributed by atoms with Gasteiger partial charge in [0.1, 0.15) is 0 Å². The Kier molecular flexibility index (Phi) is 4.40. The molecule has 0 spiro atoms. The highest BCUT2D eigenvalue weighted by Crippen LogP contribution is 2.18. The number of benzene rings is 1. The van der Waals surface area contributed by atoms with Gasteiger partial charge in [0.25, 0.3) is 5.56 Å². The molecule has 0 aliphatic rings. The van der Waals surface area contributed by atoms with E-state index in [1.165, 1.54) is 16.7 Å². The van der Waals surface area contributed by atoms with Crippen LogP contribution >= 0.6 is 0 Å². The van der Waals surface area contributed by atoms with Crippen LogP contribution in [0.15, 0.2) is 41.2 Å². The van der Waals surface area contributed by atoms with Gasteiger partial charge in [-0.15, -0.1) is 0 Å². The van der Waals surface area contributed by atoms with Crippen molar-refractivity contribution in [1.82, 2.24) is 9.88 Å². The fraction of sp³-hybridized carbons (Fsp3) is 0.353. The summed E-state index contributed by atoms with van der Waals surface area (Å²) in [7, 11) is 1.93. The van der Waals surface area contributed by atoms with Gasteiger partial charge in [0.05, 0.1) is 6.04 Å². The summed E-state index contributed by atoms with van der Waals surface area (Å²) >= 11 is 0. The van der Waals surface area contributed by atoms with Crippen LogP contribution in [0, 0.1) is 20.8 Å². The predicted molar refractivity (Wildman–Crippen MR) is 83.2 cm³/mol. The molecule has 0 aliphatic carbocycles. The molecule has 0 aliphatic heterocycles. The molecular weight excluding hydrogens is 248 g/mol. The Bertz CT molecular complexity index is 658. The van der Waals surface area contributed by atoms with Gasteiger partial charge in [-0.2, -0.15) is 0 Å². The maximum absolute atomic E-state index is 12.0. The highest BCUT2D eigenvalue weighted by Gasteiger charge is 2.12. The number of aryl methyl sites for hydroxylation is 3. The molecule has 0 saturated carbocycles. The largest absolute Gasteiger partial charge is 0.312 e. The lowest BCUT2D eigenvalue weighted by atomic mass is 10.0. The summed E-state index contributed by atoms with van der Waals surface area (Å²) < 4.78 is 1.82. The van der Waals surface area contributed by atoms with E-state index in [9.17, 15) is 4.79 Å². The van der Waals surface area contributed by atoms with Gasteiger partial charge in [-0.1, -0.05) is 24.3 Å². The zero-order valence-corrected chi connectivity index (χ0v) is 12.6. The average Bonchev–Trinajstić information content (AvgIpc) is 2.42. The lowest BCUT2D eigenvalue weighted by Crippen LogP contribution is -2.29. The minimum Gasteiger partial charge on any atom is -0.312 e. The van der Waals surface area contributed by atoms with Crippen LogP contribution < -0.4 is 10.9 Å². The number of nitrogens with zero attached hydrogens (tertiary/aromatic N) is 1. The molecule has 1 N–H and O–H groups in total. The summed E-state index contributed by atoms with van der Waals surface area (Å²) in [4.78, 5) is 12.0. The van der Waals surface area contributed by atoms with Gasteiger partial charge in [0.15, 0.2) is 0 Å². The van der Waals surface area contributed by atoms with Crippen molar-refractivity contribution in [3.05, 3.63) is 69.1 Å². The van der Waals surface area contributed by atoms with Gasteiger partial charge in [0.2, 0.25) is 0 Å². The molecule has 20 heavy (non-hydrogen) atoms. The Hall–Kier alpha value is -1.87. The van der Waals surface area contributed by atoms with Crippen LogP contribution in [0.3, 0.4) is 0 Å². The summed E-state index contributed by atoms with van der Waals surface area (Å²) in [5.74, 6) is 0. The smallest absolute Gasteiger partial charge is 0.250 e. The van der Waals surface area contributed by atoms with Gasteiger partial charge >= 0.3 is 0 Å². The molecule has 2 aromatic rings. The normalized spacial score (nSPS) is 12.4. The van der Waals surface area contributed by atoms with E-state index in [-0.39, 0.29) is 11.6 Å². The van der Waals surface area contributed by atoms with Crippen LogP contribution in [0.4, 0.5) is 0 Å². The number of pyridine rings is 1. The molecule has 1 heterocycles. The molecule has 2 rings (SSSR count). The SMILES string of the molecule is CNC(Cn1c(C)cccc1=O)c1ccc(C)c(C)c1. The quantitative estimate of drug-likeness (QED) is 0.927. The van der Waals surface area contributed by atoms with E-state index in [0.717, 1.165) is 5.69 Å². The summed E-state index contributed by atoms with van der Waals surface area (Å²) in [6.07, 6.45) is 0. The number of aromatic nitrogens is 1. The van der Waals surface area contributed by atoms with E-state index in [2.05, 4.69) is 37.4 Å². The summed E-state index contributed by atoms with van der Waals surface area (Å²) in [5.41, 5.74) is 4.82. The van der Waals surface area contributed by atoms with E-state index in [1.54, 1.807) is 12.1 Å². The summed E-state index contributed by atoms with van der Waals surface area (Å²) in [6.45, 7) is 6.84. The van der Waals surface area contributed by atoms with Crippen LogP contribution in [-0.2, 0) is 6.54 Å². The molecule has 1 aromatic heterocycles. The number of hydrogen-bond acceptors (Lipinski definition) is 2. The molecular formula is C17H22N2O. The highest BCUT2D eigenvalue weighted by molar-refractivity contribution is 5.31. The van der Waals surface area contributed by atoms with Crippen LogP contribution in [0.2, 0.25) is 0 Å². The molecule has 3 heteroatoms. The average molecular weight is 270 g/mol. The van der Waals surface area contributed by atoms with Crippen molar-refractivity contribution in [2.45, 2.75) is 33.4 Å². The second-order valence-corrected chi connectivity index (χ2v) is 5.30. The van der Waals surface area contributed by atoms with Crippen molar-refractivity contribution in [3.8, 4) is 0 Å². The van der Waals surface area contributed by atoms with Gasteiger partial charge in [-0.05, 0) is 50.6 Å². The lowest BCUT2D eigenvalue weighted by molar-refractivity contribution is 0.484. The second-order valence-electron chi connectivity index (χ2n) is 5.30. The van der Waals surface area contributed by atoms with E-state index in [0.29, 0.717) is 6.54 Å². The fourth-order valence-corrected chi connectivity index (χ4v) is 2.38. The summed E-state index contributed by atoms with van der Waals surface area (Å²) in [5, 5.41) is 3.31. The first kappa shape index (κ1) is 14.5. The van der Waals surface area contributed by atoms with Gasteiger partial charge in [-0.3, -0.25) is 4.79 Å². The standard InChI is InChI=1S/C17H22N2O/c1-12-8-9-15(10-13(12)2)16(18-4)11-19-14(3)6-5-7-17(19)20/h5-10,16,18H,11H2,1-4H3. The number of likely N-dealkylation sites (N-methyl/N-ethyl adjacent to an activating group) is 1. The monoisotopic (exact) mass is 270 g/mol. The molecule has 1 unspecified atom stereocenters. The van der Waals surface area contributed by atoms with Crippen molar-refractivity contribution in [1.29, 1.82) is 0 Å². The Morgan fingerprint density at radius 3 is 2.45 bits per heavy atom. The number of nitrogens with one attached hydrogen (secondary N) is 1. The Labute approximate surface area is 120 Å². The van der Waals surface area contributed by atoms with Crippen LogP contribution in [0.5, 0.6) is 0 Å². The maximum Gasteiger partial charge on any atom is 0.250 e. The zero-order valence-electron chi connectivity index (χ0n) is 12.6. The minimum absolute atomic E-state index is 0.0501. The molecule has 0 fully saturated rings. The molecule has 0 radical (unpaired) electrons. The van der Waals surface area contributed by atoms with Gasteiger partial charge < -0.3 is 9.88 Å². The first-order chi connectivity index (χ1) is 9.52. The van der Waals surface area contributed by atoms with Gasteiger partial charge in [0, 0.05) is 18.3 Å². The lowest BCUT2D eigenvalue weighted by Gasteiger charge is -2.20. The molecule has 0 amide bonds. The van der Waals surface area contributed by atoms with E-state index < -0.39 is 0 Å². The fourth-order valence-electron chi connectivity index (χ4n) is 2.38.